The highest BCUT2D eigenvalue weighted by atomic mass is 35.5. The molecule has 0 fully saturated rings. The molecule has 1 aromatic heterocycles. The van der Waals surface area contributed by atoms with Gasteiger partial charge in [-0.2, -0.15) is 0 Å². The number of carbonyl (C=O) groups excluding carboxylic acids is 1. The third kappa shape index (κ3) is 3.58. The zero-order chi connectivity index (χ0) is 15.4. The largest absolute Gasteiger partial charge is 0.386 e. The molecule has 5 nitrogen and oxygen atoms in total. The van der Waals surface area contributed by atoms with Crippen LogP contribution >= 0.6 is 11.6 Å². The van der Waals surface area contributed by atoms with Gasteiger partial charge in [-0.05, 0) is 29.7 Å². The monoisotopic (exact) mass is 302 g/mol. The lowest BCUT2D eigenvalue weighted by Gasteiger charge is -2.13. The van der Waals surface area contributed by atoms with Gasteiger partial charge >= 0.3 is 0 Å². The fourth-order valence-electron chi connectivity index (χ4n) is 2.08. The van der Waals surface area contributed by atoms with Crippen LogP contribution < -0.4 is 11.1 Å². The Bertz CT molecular complexity index is 686. The van der Waals surface area contributed by atoms with Crippen molar-refractivity contribution in [3.8, 4) is 11.1 Å². The summed E-state index contributed by atoms with van der Waals surface area (Å²) in [6.45, 7) is 5.35. The summed E-state index contributed by atoms with van der Waals surface area (Å²) in [7, 11) is 0. The van der Waals surface area contributed by atoms with E-state index in [1.165, 1.54) is 6.33 Å². The van der Waals surface area contributed by atoms with Gasteiger partial charge in [0.2, 0.25) is 5.91 Å². The van der Waals surface area contributed by atoms with Crippen molar-refractivity contribution in [1.29, 1.82) is 0 Å². The number of rotatable bonds is 4. The SMILES string of the molecule is C=C(N)NC(=O)Cc1c(Cl)ccc(-c2cncnc2)c1C. The zero-order valence-electron chi connectivity index (χ0n) is 11.6. The lowest BCUT2D eigenvalue weighted by atomic mass is 9.96. The molecule has 0 saturated heterocycles. The number of hydrogen-bond donors (Lipinski definition) is 2. The molecule has 0 bridgehead atoms. The smallest absolute Gasteiger partial charge is 0.229 e. The van der Waals surface area contributed by atoms with Gasteiger partial charge in [0.25, 0.3) is 0 Å². The molecule has 21 heavy (non-hydrogen) atoms. The Kier molecular flexibility index (Phi) is 4.55. The molecule has 0 aliphatic rings. The number of benzene rings is 1. The predicted octanol–water partition coefficient (Wildman–Crippen LogP) is 2.19. The van der Waals surface area contributed by atoms with Crippen molar-refractivity contribution in [2.45, 2.75) is 13.3 Å². The molecule has 0 aliphatic heterocycles. The van der Waals surface area contributed by atoms with E-state index in [1.54, 1.807) is 18.5 Å². The van der Waals surface area contributed by atoms with Gasteiger partial charge in [0, 0.05) is 23.0 Å². The predicted molar refractivity (Wildman–Crippen MR) is 82.4 cm³/mol. The van der Waals surface area contributed by atoms with Crippen LogP contribution in [0.15, 0.2) is 43.3 Å². The van der Waals surface area contributed by atoms with E-state index in [0.717, 1.165) is 22.3 Å². The second-order valence-corrected chi connectivity index (χ2v) is 4.98. The van der Waals surface area contributed by atoms with Crippen LogP contribution in [0.1, 0.15) is 11.1 Å². The van der Waals surface area contributed by atoms with Crippen molar-refractivity contribution in [2.24, 2.45) is 5.73 Å². The first-order chi connectivity index (χ1) is 9.99. The second kappa shape index (κ2) is 6.37. The number of halogens is 1. The fraction of sp³-hybridized carbons (Fsp3) is 0.133. The number of nitrogens with two attached hydrogens (primary N) is 1. The molecule has 0 saturated carbocycles. The summed E-state index contributed by atoms with van der Waals surface area (Å²) in [5, 5.41) is 3.00. The maximum absolute atomic E-state index is 11.8. The van der Waals surface area contributed by atoms with Crippen molar-refractivity contribution in [1.82, 2.24) is 15.3 Å². The van der Waals surface area contributed by atoms with Crippen LogP contribution in [0, 0.1) is 6.92 Å². The molecule has 1 heterocycles. The number of carbonyl (C=O) groups is 1. The van der Waals surface area contributed by atoms with Crippen molar-refractivity contribution in [2.75, 3.05) is 0 Å². The van der Waals surface area contributed by atoms with E-state index >= 15 is 0 Å². The molecule has 6 heteroatoms. The first kappa shape index (κ1) is 15.0. The van der Waals surface area contributed by atoms with Gasteiger partial charge in [0.05, 0.1) is 12.2 Å². The Morgan fingerprint density at radius 1 is 1.38 bits per heavy atom. The minimum absolute atomic E-state index is 0.112. The molecule has 1 amide bonds. The molecule has 0 aliphatic carbocycles. The number of nitrogens with one attached hydrogen (secondary N) is 1. The average molecular weight is 303 g/mol. The molecule has 3 N–H and O–H groups in total. The summed E-state index contributed by atoms with van der Waals surface area (Å²) in [5.74, 6) is -0.143. The highest BCUT2D eigenvalue weighted by molar-refractivity contribution is 6.31. The highest BCUT2D eigenvalue weighted by Crippen LogP contribution is 2.30. The van der Waals surface area contributed by atoms with E-state index in [-0.39, 0.29) is 18.1 Å². The van der Waals surface area contributed by atoms with Gasteiger partial charge in [-0.25, -0.2) is 9.97 Å². The molecular weight excluding hydrogens is 288 g/mol. The van der Waals surface area contributed by atoms with Crippen LogP contribution in [0.2, 0.25) is 5.02 Å². The zero-order valence-corrected chi connectivity index (χ0v) is 12.3. The number of aromatic nitrogens is 2. The Labute approximate surface area is 127 Å². The molecule has 0 unspecified atom stereocenters. The Morgan fingerprint density at radius 2 is 2.05 bits per heavy atom. The highest BCUT2D eigenvalue weighted by Gasteiger charge is 2.14. The van der Waals surface area contributed by atoms with Crippen LogP contribution in [-0.2, 0) is 11.2 Å². The van der Waals surface area contributed by atoms with E-state index in [1.807, 2.05) is 13.0 Å². The van der Waals surface area contributed by atoms with Gasteiger partial charge in [-0.15, -0.1) is 0 Å². The van der Waals surface area contributed by atoms with Crippen LogP contribution in [0.4, 0.5) is 0 Å². The maximum atomic E-state index is 11.8. The molecule has 0 spiro atoms. The standard InChI is InChI=1S/C15H15ClN4O/c1-9-12(11-6-18-8-19-7-11)3-4-14(16)13(9)5-15(21)20-10(2)17/h3-4,6-8H,2,5,17H2,1H3,(H,20,21). The first-order valence-electron chi connectivity index (χ1n) is 6.26. The third-order valence-electron chi connectivity index (χ3n) is 3.05. The minimum atomic E-state index is -0.256. The normalized spacial score (nSPS) is 10.2. The average Bonchev–Trinajstić information content (AvgIpc) is 2.43. The molecule has 0 atom stereocenters. The molecule has 2 aromatic rings. The van der Waals surface area contributed by atoms with Gasteiger partial charge < -0.3 is 11.1 Å². The lowest BCUT2D eigenvalue weighted by Crippen LogP contribution is -2.28. The van der Waals surface area contributed by atoms with E-state index < -0.39 is 0 Å². The van der Waals surface area contributed by atoms with E-state index in [4.69, 9.17) is 17.3 Å². The molecule has 2 rings (SSSR count). The molecule has 108 valence electrons. The Balaban J connectivity index is 2.38. The summed E-state index contributed by atoms with van der Waals surface area (Å²) in [4.78, 5) is 19.8. The van der Waals surface area contributed by atoms with Crippen molar-refractivity contribution < 1.29 is 4.79 Å². The van der Waals surface area contributed by atoms with Crippen LogP contribution in [-0.4, -0.2) is 15.9 Å². The second-order valence-electron chi connectivity index (χ2n) is 4.58. The summed E-state index contributed by atoms with van der Waals surface area (Å²) in [6, 6.07) is 3.65. The van der Waals surface area contributed by atoms with Crippen molar-refractivity contribution in [3.63, 3.8) is 0 Å². The van der Waals surface area contributed by atoms with E-state index in [0.29, 0.717) is 5.02 Å². The summed E-state index contributed by atoms with van der Waals surface area (Å²) in [6.07, 6.45) is 5.03. The number of nitrogens with zero attached hydrogens (tertiary/aromatic N) is 2. The van der Waals surface area contributed by atoms with Gasteiger partial charge in [0.15, 0.2) is 0 Å². The van der Waals surface area contributed by atoms with Gasteiger partial charge in [-0.3, -0.25) is 4.79 Å². The summed E-state index contributed by atoms with van der Waals surface area (Å²) < 4.78 is 0. The summed E-state index contributed by atoms with van der Waals surface area (Å²) >= 11 is 6.20. The fourth-order valence-corrected chi connectivity index (χ4v) is 2.35. The van der Waals surface area contributed by atoms with Crippen molar-refractivity contribution in [3.05, 3.63) is 59.4 Å². The van der Waals surface area contributed by atoms with Crippen LogP contribution in [0.25, 0.3) is 11.1 Å². The quantitative estimate of drug-likeness (QED) is 0.907. The van der Waals surface area contributed by atoms with Gasteiger partial charge in [0.1, 0.15) is 6.33 Å². The van der Waals surface area contributed by atoms with Crippen molar-refractivity contribution >= 4 is 17.5 Å². The third-order valence-corrected chi connectivity index (χ3v) is 3.40. The lowest BCUT2D eigenvalue weighted by molar-refractivity contribution is -0.119. The van der Waals surface area contributed by atoms with E-state index in [9.17, 15) is 4.79 Å². The molecule has 1 aromatic carbocycles. The first-order valence-corrected chi connectivity index (χ1v) is 6.64. The minimum Gasteiger partial charge on any atom is -0.386 e. The number of amides is 1. The van der Waals surface area contributed by atoms with Crippen LogP contribution in [0.3, 0.4) is 0 Å². The van der Waals surface area contributed by atoms with Gasteiger partial charge in [-0.1, -0.05) is 24.2 Å². The number of hydrogen-bond acceptors (Lipinski definition) is 4. The van der Waals surface area contributed by atoms with E-state index in [2.05, 4.69) is 21.9 Å². The maximum Gasteiger partial charge on any atom is 0.229 e. The summed E-state index contributed by atoms with van der Waals surface area (Å²) in [5.41, 5.74) is 8.84. The molecular formula is C15H15ClN4O. The Hall–Kier alpha value is -2.40. The van der Waals surface area contributed by atoms with Crippen LogP contribution in [0.5, 0.6) is 0 Å². The molecule has 0 radical (unpaired) electrons. The Morgan fingerprint density at radius 3 is 2.67 bits per heavy atom. The topological polar surface area (TPSA) is 80.9 Å².